The maximum absolute atomic E-state index is 13.0. The highest BCUT2D eigenvalue weighted by Crippen LogP contribution is 2.33. The lowest BCUT2D eigenvalue weighted by Gasteiger charge is -2.35. The summed E-state index contributed by atoms with van der Waals surface area (Å²) in [6.07, 6.45) is 3.99. The molecule has 2 aromatic rings. The van der Waals surface area contributed by atoms with Crippen LogP contribution in [0.4, 0.5) is 11.5 Å². The minimum atomic E-state index is 0.134. The van der Waals surface area contributed by atoms with Gasteiger partial charge in [0.15, 0.2) is 0 Å². The van der Waals surface area contributed by atoms with Crippen LogP contribution in [-0.4, -0.2) is 35.4 Å². The van der Waals surface area contributed by atoms with Gasteiger partial charge in [-0.3, -0.25) is 4.79 Å². The molecule has 4 heteroatoms. The van der Waals surface area contributed by atoms with Crippen LogP contribution in [0.15, 0.2) is 42.6 Å². The average Bonchev–Trinajstić information content (AvgIpc) is 3.04. The minimum Gasteiger partial charge on any atom is -0.338 e. The molecule has 0 saturated carbocycles. The van der Waals surface area contributed by atoms with E-state index in [-0.39, 0.29) is 5.91 Å². The van der Waals surface area contributed by atoms with E-state index in [1.54, 1.807) is 6.20 Å². The number of aromatic nitrogens is 1. The largest absolute Gasteiger partial charge is 0.338 e. The first-order valence-corrected chi connectivity index (χ1v) is 9.22. The monoisotopic (exact) mass is 335 g/mol. The SMILES string of the molecule is CC1CC(C)CN(C(=O)c2ccnc(N3CCc4ccccc43)c2)C1. The zero-order valence-electron chi connectivity index (χ0n) is 15.0. The first kappa shape index (κ1) is 16.1. The molecule has 0 radical (unpaired) electrons. The maximum atomic E-state index is 13.0. The number of carbonyl (C=O) groups excluding carboxylic acids is 1. The fraction of sp³-hybridized carbons (Fsp3) is 0.429. The molecule has 0 N–H and O–H groups in total. The van der Waals surface area contributed by atoms with Gasteiger partial charge < -0.3 is 9.80 Å². The van der Waals surface area contributed by atoms with Gasteiger partial charge in [-0.2, -0.15) is 0 Å². The summed E-state index contributed by atoms with van der Waals surface area (Å²) in [4.78, 5) is 21.7. The molecule has 1 aromatic heterocycles. The van der Waals surface area contributed by atoms with Gasteiger partial charge in [-0.1, -0.05) is 32.0 Å². The van der Waals surface area contributed by atoms with Gasteiger partial charge in [-0.15, -0.1) is 0 Å². The molecule has 1 aromatic carbocycles. The van der Waals surface area contributed by atoms with Crippen LogP contribution in [-0.2, 0) is 6.42 Å². The van der Waals surface area contributed by atoms with Crippen LogP contribution in [0.2, 0.25) is 0 Å². The average molecular weight is 335 g/mol. The van der Waals surface area contributed by atoms with E-state index in [9.17, 15) is 4.79 Å². The van der Waals surface area contributed by atoms with E-state index >= 15 is 0 Å². The Kier molecular flexibility index (Phi) is 4.20. The first-order chi connectivity index (χ1) is 12.1. The number of nitrogens with zero attached hydrogens (tertiary/aromatic N) is 3. The molecule has 2 aliphatic heterocycles. The van der Waals surface area contributed by atoms with Crippen molar-refractivity contribution in [2.45, 2.75) is 26.7 Å². The Morgan fingerprint density at radius 1 is 1.12 bits per heavy atom. The molecule has 3 heterocycles. The van der Waals surface area contributed by atoms with Crippen molar-refractivity contribution in [1.82, 2.24) is 9.88 Å². The highest BCUT2D eigenvalue weighted by Gasteiger charge is 2.27. The van der Waals surface area contributed by atoms with Gasteiger partial charge in [0.1, 0.15) is 5.82 Å². The zero-order chi connectivity index (χ0) is 17.4. The number of piperidine rings is 1. The van der Waals surface area contributed by atoms with Crippen molar-refractivity contribution >= 4 is 17.4 Å². The molecule has 130 valence electrons. The number of hydrogen-bond donors (Lipinski definition) is 0. The van der Waals surface area contributed by atoms with Crippen molar-refractivity contribution in [3.05, 3.63) is 53.7 Å². The van der Waals surface area contributed by atoms with Gasteiger partial charge in [-0.05, 0) is 48.4 Å². The van der Waals surface area contributed by atoms with Gasteiger partial charge in [-0.25, -0.2) is 4.98 Å². The van der Waals surface area contributed by atoms with Gasteiger partial charge in [0.05, 0.1) is 0 Å². The molecule has 1 saturated heterocycles. The molecule has 2 atom stereocenters. The second kappa shape index (κ2) is 6.51. The molecule has 4 rings (SSSR count). The second-order valence-corrected chi connectivity index (χ2v) is 7.59. The summed E-state index contributed by atoms with van der Waals surface area (Å²) in [7, 11) is 0. The van der Waals surface area contributed by atoms with E-state index in [1.807, 2.05) is 17.0 Å². The summed E-state index contributed by atoms with van der Waals surface area (Å²) in [5.41, 5.74) is 3.30. The van der Waals surface area contributed by atoms with Crippen LogP contribution in [0.1, 0.15) is 36.2 Å². The number of fused-ring (bicyclic) bond motifs is 1. The third-order valence-electron chi connectivity index (χ3n) is 5.31. The summed E-state index contributed by atoms with van der Waals surface area (Å²) in [5.74, 6) is 2.14. The van der Waals surface area contributed by atoms with Crippen molar-refractivity contribution in [3.8, 4) is 0 Å². The van der Waals surface area contributed by atoms with Crippen molar-refractivity contribution in [1.29, 1.82) is 0 Å². The molecule has 25 heavy (non-hydrogen) atoms. The molecule has 4 nitrogen and oxygen atoms in total. The summed E-state index contributed by atoms with van der Waals surface area (Å²) in [5, 5.41) is 0. The molecule has 2 aliphatic rings. The predicted molar refractivity (Wildman–Crippen MR) is 100 cm³/mol. The molecule has 0 aliphatic carbocycles. The van der Waals surface area contributed by atoms with Crippen LogP contribution in [0.25, 0.3) is 0 Å². The second-order valence-electron chi connectivity index (χ2n) is 7.59. The third kappa shape index (κ3) is 3.13. The quantitative estimate of drug-likeness (QED) is 0.835. The minimum absolute atomic E-state index is 0.134. The van der Waals surface area contributed by atoms with Gasteiger partial charge in [0, 0.05) is 37.1 Å². The smallest absolute Gasteiger partial charge is 0.254 e. The van der Waals surface area contributed by atoms with Crippen LogP contribution in [0.5, 0.6) is 0 Å². The van der Waals surface area contributed by atoms with Crippen LogP contribution in [0, 0.1) is 11.8 Å². The lowest BCUT2D eigenvalue weighted by molar-refractivity contribution is 0.0623. The van der Waals surface area contributed by atoms with E-state index in [0.717, 1.165) is 37.4 Å². The first-order valence-electron chi connectivity index (χ1n) is 9.22. The number of para-hydroxylation sites is 1. The molecule has 0 spiro atoms. The Morgan fingerprint density at radius 3 is 2.68 bits per heavy atom. The Balaban J connectivity index is 1.59. The summed E-state index contributed by atoms with van der Waals surface area (Å²) >= 11 is 0. The van der Waals surface area contributed by atoms with Crippen LogP contribution >= 0.6 is 0 Å². The molecule has 0 bridgehead atoms. The Morgan fingerprint density at radius 2 is 1.88 bits per heavy atom. The highest BCUT2D eigenvalue weighted by molar-refractivity contribution is 5.95. The molecule has 1 fully saturated rings. The summed E-state index contributed by atoms with van der Waals surface area (Å²) in [6, 6.07) is 12.2. The standard InChI is InChI=1S/C21H25N3O/c1-15-11-16(2)14-23(13-15)21(25)18-7-9-22-20(12-18)24-10-8-17-5-3-4-6-19(17)24/h3-7,9,12,15-16H,8,10-11,13-14H2,1-2H3. The van der Waals surface area contributed by atoms with E-state index in [1.165, 1.54) is 17.7 Å². The summed E-state index contributed by atoms with van der Waals surface area (Å²) < 4.78 is 0. The predicted octanol–water partition coefficient (Wildman–Crippen LogP) is 3.89. The maximum Gasteiger partial charge on any atom is 0.254 e. The lowest BCUT2D eigenvalue weighted by atomic mass is 9.91. The van der Waals surface area contributed by atoms with E-state index in [4.69, 9.17) is 0 Å². The van der Waals surface area contributed by atoms with Crippen molar-refractivity contribution in [3.63, 3.8) is 0 Å². The normalized spacial score (nSPS) is 22.8. The Labute approximate surface area is 149 Å². The lowest BCUT2D eigenvalue weighted by Crippen LogP contribution is -2.42. The van der Waals surface area contributed by atoms with Gasteiger partial charge >= 0.3 is 0 Å². The molecular formula is C21H25N3O. The number of benzene rings is 1. The number of rotatable bonds is 2. The van der Waals surface area contributed by atoms with E-state index < -0.39 is 0 Å². The van der Waals surface area contributed by atoms with Gasteiger partial charge in [0.2, 0.25) is 0 Å². The highest BCUT2D eigenvalue weighted by atomic mass is 16.2. The van der Waals surface area contributed by atoms with Crippen molar-refractivity contribution < 1.29 is 4.79 Å². The fourth-order valence-electron chi connectivity index (χ4n) is 4.29. The molecule has 1 amide bonds. The number of likely N-dealkylation sites (tertiary alicyclic amines) is 1. The topological polar surface area (TPSA) is 36.4 Å². The number of pyridine rings is 1. The number of carbonyl (C=O) groups is 1. The summed E-state index contributed by atoms with van der Waals surface area (Å²) in [6.45, 7) is 7.09. The zero-order valence-corrected chi connectivity index (χ0v) is 15.0. The van der Waals surface area contributed by atoms with Gasteiger partial charge in [0.25, 0.3) is 5.91 Å². The number of amides is 1. The molecule has 2 unspecified atom stereocenters. The third-order valence-corrected chi connectivity index (χ3v) is 5.31. The van der Waals surface area contributed by atoms with Crippen LogP contribution in [0.3, 0.4) is 0 Å². The number of anilines is 2. The van der Waals surface area contributed by atoms with E-state index in [2.05, 4.69) is 48.0 Å². The Bertz CT molecular complexity index is 778. The molecular weight excluding hydrogens is 310 g/mol. The van der Waals surface area contributed by atoms with Crippen LogP contribution < -0.4 is 4.90 Å². The fourth-order valence-corrected chi connectivity index (χ4v) is 4.29. The Hall–Kier alpha value is -2.36. The van der Waals surface area contributed by atoms with Crippen molar-refractivity contribution in [2.75, 3.05) is 24.5 Å². The number of hydrogen-bond acceptors (Lipinski definition) is 3. The van der Waals surface area contributed by atoms with E-state index in [0.29, 0.717) is 11.8 Å². The van der Waals surface area contributed by atoms with Crippen molar-refractivity contribution in [2.24, 2.45) is 11.8 Å².